The molecule has 0 aliphatic carbocycles. The summed E-state index contributed by atoms with van der Waals surface area (Å²) in [4.78, 5) is 0. The highest BCUT2D eigenvalue weighted by molar-refractivity contribution is 5.59. The fourth-order valence-corrected chi connectivity index (χ4v) is 2.46. The summed E-state index contributed by atoms with van der Waals surface area (Å²) in [7, 11) is 0. The van der Waals surface area contributed by atoms with Gasteiger partial charge in [-0.1, -0.05) is 30.4 Å². The van der Waals surface area contributed by atoms with Crippen LogP contribution in [0.2, 0.25) is 0 Å². The minimum atomic E-state index is -0.790. The lowest BCUT2D eigenvalue weighted by Gasteiger charge is -2.15. The van der Waals surface area contributed by atoms with Gasteiger partial charge in [0.15, 0.2) is 0 Å². The quantitative estimate of drug-likeness (QED) is 0.645. The van der Waals surface area contributed by atoms with Crippen molar-refractivity contribution >= 4 is 6.08 Å². The lowest BCUT2D eigenvalue weighted by atomic mass is 10.0. The fourth-order valence-electron chi connectivity index (χ4n) is 2.46. The van der Waals surface area contributed by atoms with Crippen LogP contribution in [0.4, 0.5) is 0 Å². The summed E-state index contributed by atoms with van der Waals surface area (Å²) in [6, 6.07) is 3.70. The smallest absolute Gasteiger partial charge is 0.121 e. The van der Waals surface area contributed by atoms with Crippen LogP contribution in [0.15, 0.2) is 30.4 Å². The number of fused-ring (bicyclic) bond motifs is 1. The second-order valence-corrected chi connectivity index (χ2v) is 5.67. The number of phenols is 1. The van der Waals surface area contributed by atoms with Crippen LogP contribution in [0.1, 0.15) is 36.0 Å². The molecule has 2 rings (SSSR count). The third-order valence-electron chi connectivity index (χ3n) is 3.74. The van der Waals surface area contributed by atoms with Gasteiger partial charge in [0, 0.05) is 5.56 Å². The Kier molecular flexibility index (Phi) is 6.19. The van der Waals surface area contributed by atoms with Crippen LogP contribution in [-0.2, 0) is 11.3 Å². The van der Waals surface area contributed by atoms with Crippen molar-refractivity contribution < 1.29 is 20.1 Å². The normalized spacial score (nSPS) is 26.7. The van der Waals surface area contributed by atoms with Crippen LogP contribution in [0.3, 0.4) is 0 Å². The van der Waals surface area contributed by atoms with E-state index in [-0.39, 0.29) is 5.75 Å². The lowest BCUT2D eigenvalue weighted by Crippen LogP contribution is -2.24. The Morgan fingerprint density at radius 1 is 1.05 bits per heavy atom. The first-order chi connectivity index (χ1) is 10.6. The third-order valence-corrected chi connectivity index (χ3v) is 3.74. The van der Waals surface area contributed by atoms with Gasteiger partial charge in [-0.05, 0) is 43.4 Å². The van der Waals surface area contributed by atoms with E-state index in [1.165, 1.54) is 0 Å². The highest BCUT2D eigenvalue weighted by atomic mass is 16.5. The molecule has 1 aromatic carbocycles. The van der Waals surface area contributed by atoms with Crippen molar-refractivity contribution in [3.05, 3.63) is 47.1 Å². The summed E-state index contributed by atoms with van der Waals surface area (Å²) in [5.74, 6) is 0.225. The van der Waals surface area contributed by atoms with Crippen molar-refractivity contribution in [2.45, 2.75) is 45.0 Å². The molecule has 0 saturated carbocycles. The standard InChI is InChI=1S/C18H24O4/c1-13-10-14-6-5-8-17(20)16(19)7-3-2-4-9-22-12-15(14)18(21)11-13/h2-3,5-6,10-11,16-17,19-21H,4,7-9,12H2,1H3/b3-2-,6-5+. The number of aliphatic hydroxyl groups excluding tert-OH is 2. The summed E-state index contributed by atoms with van der Waals surface area (Å²) in [6.45, 7) is 2.82. The van der Waals surface area contributed by atoms with Crippen LogP contribution in [0.25, 0.3) is 6.08 Å². The zero-order valence-corrected chi connectivity index (χ0v) is 12.9. The zero-order chi connectivity index (χ0) is 15.9. The van der Waals surface area contributed by atoms with Gasteiger partial charge in [-0.3, -0.25) is 0 Å². The molecule has 2 unspecified atom stereocenters. The number of hydrogen-bond acceptors (Lipinski definition) is 4. The highest BCUT2D eigenvalue weighted by Crippen LogP contribution is 2.26. The molecule has 0 fully saturated rings. The van der Waals surface area contributed by atoms with Crippen LogP contribution in [-0.4, -0.2) is 34.1 Å². The largest absolute Gasteiger partial charge is 0.508 e. The number of hydrogen-bond donors (Lipinski definition) is 3. The maximum absolute atomic E-state index is 10.1. The van der Waals surface area contributed by atoms with E-state index in [0.717, 1.165) is 23.1 Å². The first-order valence-corrected chi connectivity index (χ1v) is 7.66. The van der Waals surface area contributed by atoms with Gasteiger partial charge in [-0.25, -0.2) is 0 Å². The maximum Gasteiger partial charge on any atom is 0.121 e. The number of ether oxygens (including phenoxy) is 1. The molecule has 0 aromatic heterocycles. The molecule has 1 heterocycles. The van der Waals surface area contributed by atoms with E-state index in [0.29, 0.717) is 26.1 Å². The topological polar surface area (TPSA) is 69.9 Å². The second kappa shape index (κ2) is 8.13. The van der Waals surface area contributed by atoms with E-state index in [4.69, 9.17) is 4.74 Å². The molecule has 0 spiro atoms. The fraction of sp³-hybridized carbons (Fsp3) is 0.444. The monoisotopic (exact) mass is 304 g/mol. The molecule has 3 N–H and O–H groups in total. The number of aliphatic hydroxyl groups is 2. The van der Waals surface area contributed by atoms with Gasteiger partial charge in [0.2, 0.25) is 0 Å². The summed E-state index contributed by atoms with van der Waals surface area (Å²) < 4.78 is 5.62. The minimum absolute atomic E-state index is 0.225. The molecule has 2 atom stereocenters. The van der Waals surface area contributed by atoms with Crippen molar-refractivity contribution in [2.75, 3.05) is 6.61 Å². The van der Waals surface area contributed by atoms with Gasteiger partial charge in [0.25, 0.3) is 0 Å². The lowest BCUT2D eigenvalue weighted by molar-refractivity contribution is 0.0238. The highest BCUT2D eigenvalue weighted by Gasteiger charge is 2.13. The number of rotatable bonds is 0. The molecule has 1 aromatic rings. The van der Waals surface area contributed by atoms with Crippen molar-refractivity contribution in [2.24, 2.45) is 0 Å². The number of aryl methyl sites for hydroxylation is 1. The molecule has 4 heteroatoms. The van der Waals surface area contributed by atoms with Crippen molar-refractivity contribution in [1.29, 1.82) is 0 Å². The zero-order valence-electron chi connectivity index (χ0n) is 12.9. The third kappa shape index (κ3) is 4.70. The Hall–Kier alpha value is -1.62. The average molecular weight is 304 g/mol. The molecular weight excluding hydrogens is 280 g/mol. The average Bonchev–Trinajstić information content (AvgIpc) is 2.47. The maximum atomic E-state index is 10.1. The molecular formula is C18H24O4. The van der Waals surface area contributed by atoms with Gasteiger partial charge in [-0.15, -0.1) is 0 Å². The van der Waals surface area contributed by atoms with E-state index in [2.05, 4.69) is 0 Å². The Balaban J connectivity index is 2.24. The van der Waals surface area contributed by atoms with Crippen LogP contribution in [0.5, 0.6) is 5.75 Å². The van der Waals surface area contributed by atoms with Crippen molar-refractivity contribution in [1.82, 2.24) is 0 Å². The Bertz CT molecular complexity index is 548. The van der Waals surface area contributed by atoms with E-state index >= 15 is 0 Å². The Morgan fingerprint density at radius 2 is 1.77 bits per heavy atom. The number of phenolic OH excluding ortho intramolecular Hbond substituents is 1. The van der Waals surface area contributed by atoms with Crippen LogP contribution < -0.4 is 0 Å². The van der Waals surface area contributed by atoms with Gasteiger partial charge in [0.05, 0.1) is 25.4 Å². The second-order valence-electron chi connectivity index (χ2n) is 5.67. The van der Waals surface area contributed by atoms with Gasteiger partial charge in [0.1, 0.15) is 5.75 Å². The molecule has 0 bridgehead atoms. The van der Waals surface area contributed by atoms with Crippen LogP contribution >= 0.6 is 0 Å². The van der Waals surface area contributed by atoms with Crippen molar-refractivity contribution in [3.63, 3.8) is 0 Å². The van der Waals surface area contributed by atoms with Gasteiger partial charge < -0.3 is 20.1 Å². The molecule has 120 valence electrons. The summed E-state index contributed by atoms with van der Waals surface area (Å²) in [5, 5.41) is 29.9. The van der Waals surface area contributed by atoms with Crippen molar-refractivity contribution in [3.8, 4) is 5.75 Å². The van der Waals surface area contributed by atoms with Gasteiger partial charge in [-0.2, -0.15) is 0 Å². The predicted molar refractivity (Wildman–Crippen MR) is 86.5 cm³/mol. The molecule has 0 amide bonds. The Morgan fingerprint density at radius 3 is 2.55 bits per heavy atom. The number of aromatic hydroxyl groups is 1. The summed E-state index contributed by atoms with van der Waals surface area (Å²) >= 11 is 0. The van der Waals surface area contributed by atoms with Crippen LogP contribution in [0, 0.1) is 6.92 Å². The number of benzene rings is 1. The van der Waals surface area contributed by atoms with E-state index in [1.807, 2.05) is 37.3 Å². The molecule has 22 heavy (non-hydrogen) atoms. The molecule has 0 radical (unpaired) electrons. The predicted octanol–water partition coefficient (Wildman–Crippen LogP) is 2.69. The molecule has 1 aliphatic heterocycles. The van der Waals surface area contributed by atoms with E-state index < -0.39 is 12.2 Å². The molecule has 4 nitrogen and oxygen atoms in total. The molecule has 1 aliphatic rings. The minimum Gasteiger partial charge on any atom is -0.508 e. The molecule has 0 saturated heterocycles. The van der Waals surface area contributed by atoms with Gasteiger partial charge >= 0.3 is 0 Å². The van der Waals surface area contributed by atoms with E-state index in [1.54, 1.807) is 6.07 Å². The Labute approximate surface area is 131 Å². The SMILES string of the molecule is Cc1cc(O)c2c(c1)/C=C/CC(O)C(O)C/C=C\CCOC2. The first-order valence-electron chi connectivity index (χ1n) is 7.66. The summed E-state index contributed by atoms with van der Waals surface area (Å²) in [6.07, 6.45) is 7.46. The first kappa shape index (κ1) is 16.7. The van der Waals surface area contributed by atoms with E-state index in [9.17, 15) is 15.3 Å². The summed E-state index contributed by atoms with van der Waals surface area (Å²) in [5.41, 5.74) is 2.59.